The number of allylic oxidation sites excluding steroid dienone is 6. The molecular weight excluding hydrogens is 784 g/mol. The maximum absolute atomic E-state index is 12.3. The van der Waals surface area contributed by atoms with Gasteiger partial charge in [0, 0.05) is 62.9 Å². The molecule has 2 heterocycles. The highest BCUT2D eigenvalue weighted by molar-refractivity contribution is 7.86. The number of aryl methyl sites for hydroxylation is 1. The Balaban J connectivity index is 1.23. The van der Waals surface area contributed by atoms with Gasteiger partial charge in [-0.1, -0.05) is 66.2 Å². The molecule has 11 nitrogen and oxygen atoms in total. The summed E-state index contributed by atoms with van der Waals surface area (Å²) in [6.45, 7) is 0.547. The van der Waals surface area contributed by atoms with E-state index in [-0.39, 0.29) is 36.1 Å². The summed E-state index contributed by atoms with van der Waals surface area (Å²) in [5, 5.41) is 5.58. The monoisotopic (exact) mass is 820 g/mol. The number of aromatic nitrogens is 1. The van der Waals surface area contributed by atoms with Crippen LogP contribution in [0.5, 0.6) is 0 Å². The van der Waals surface area contributed by atoms with Crippen LogP contribution in [0.15, 0.2) is 106 Å². The summed E-state index contributed by atoms with van der Waals surface area (Å²) in [4.78, 5) is -0.231. The Bertz CT molecular complexity index is 2960. The third kappa shape index (κ3) is 7.21. The average molecular weight is 821 g/mol. The van der Waals surface area contributed by atoms with Crippen LogP contribution < -0.4 is 5.35 Å². The van der Waals surface area contributed by atoms with E-state index in [0.29, 0.717) is 39.3 Å². The van der Waals surface area contributed by atoms with E-state index in [1.807, 2.05) is 65.3 Å². The standard InChI is InChI=1S/C40H37ClN2O9S3/c41-40-28(14-16-33-30-8-1-6-25-7-2-11-35(38(25)30)42(33)20-4-22-53(44,45)46)26-12-13-27(24-26)29(40)15-17-34-31-9-3-10-32-37(55(50,51)52)19-18-36(39(31)32)43(34)21-5-23-54(47,48)49/h1-3,6-11,14-19,26-27H,4-5,12-13,20-24H2,(H2-,44,45,46,47,48,49,50,51,52). The third-order valence-corrected chi connectivity index (χ3v) is 14.0. The van der Waals surface area contributed by atoms with Gasteiger partial charge in [-0.15, -0.1) is 0 Å². The van der Waals surface area contributed by atoms with Crippen LogP contribution in [-0.4, -0.2) is 71.8 Å². The highest BCUT2D eigenvalue weighted by atomic mass is 35.5. The van der Waals surface area contributed by atoms with Crippen LogP contribution >= 0.6 is 11.6 Å². The summed E-state index contributed by atoms with van der Waals surface area (Å²) >= 11 is 7.30. The number of fused-ring (bicyclic) bond motifs is 2. The van der Waals surface area contributed by atoms with Gasteiger partial charge in [-0.05, 0) is 78.3 Å². The summed E-state index contributed by atoms with van der Waals surface area (Å²) in [5.41, 5.74) is 4.93. The molecule has 55 heavy (non-hydrogen) atoms. The number of halogens is 1. The SMILES string of the molecule is O=S(=O)([O-])CCCn1c(=CC=C2C(Cl)=C(C=CC3=[N+](CCCS(=O)(=O)O)c4ccc(S(=O)(=O)O)c5cccc3c45)C3CCC2C3)c2cccc3cccc1c32. The summed E-state index contributed by atoms with van der Waals surface area (Å²) in [5.74, 6) is -0.483. The zero-order chi connectivity index (χ0) is 38.9. The van der Waals surface area contributed by atoms with Gasteiger partial charge in [0.15, 0.2) is 6.54 Å². The zero-order valence-electron chi connectivity index (χ0n) is 29.4. The fourth-order valence-corrected chi connectivity index (χ4v) is 10.9. The molecule has 286 valence electrons. The van der Waals surface area contributed by atoms with Crippen LogP contribution in [0, 0.1) is 11.8 Å². The zero-order valence-corrected chi connectivity index (χ0v) is 32.6. The Morgan fingerprint density at radius 2 is 1.55 bits per heavy atom. The minimum absolute atomic E-state index is 0.0995. The maximum Gasteiger partial charge on any atom is 0.295 e. The van der Waals surface area contributed by atoms with Gasteiger partial charge in [0.1, 0.15) is 4.90 Å². The molecule has 2 atom stereocenters. The van der Waals surface area contributed by atoms with Gasteiger partial charge in [0.25, 0.3) is 20.2 Å². The molecule has 0 saturated heterocycles. The van der Waals surface area contributed by atoms with Gasteiger partial charge >= 0.3 is 0 Å². The average Bonchev–Trinajstić information content (AvgIpc) is 3.77. The first-order valence-electron chi connectivity index (χ1n) is 18.0. The van der Waals surface area contributed by atoms with E-state index in [9.17, 15) is 38.9 Å². The molecule has 1 fully saturated rings. The molecule has 0 amide bonds. The first-order chi connectivity index (χ1) is 26.1. The smallest absolute Gasteiger partial charge is 0.295 e. The lowest BCUT2D eigenvalue weighted by atomic mass is 9.84. The number of hydrogen-bond donors (Lipinski definition) is 2. The van der Waals surface area contributed by atoms with Crippen molar-refractivity contribution in [1.82, 2.24) is 4.57 Å². The Labute approximate surface area is 323 Å². The number of benzene rings is 4. The first-order valence-corrected chi connectivity index (χ1v) is 23.0. The van der Waals surface area contributed by atoms with Crippen molar-refractivity contribution in [1.29, 1.82) is 0 Å². The van der Waals surface area contributed by atoms with E-state index in [0.717, 1.165) is 57.4 Å². The fraction of sp³-hybridized carbons (Fsp3) is 0.275. The predicted molar refractivity (Wildman–Crippen MR) is 213 cm³/mol. The largest absolute Gasteiger partial charge is 0.748 e. The Kier molecular flexibility index (Phi) is 9.68. The molecule has 1 aliphatic heterocycles. The molecule has 8 rings (SSSR count). The van der Waals surface area contributed by atoms with Crippen molar-refractivity contribution in [3.63, 3.8) is 0 Å². The molecule has 15 heteroatoms. The second kappa shape index (κ2) is 14.1. The maximum atomic E-state index is 12.3. The first kappa shape index (κ1) is 37.8. The molecule has 2 bridgehead atoms. The molecule has 2 aliphatic carbocycles. The van der Waals surface area contributed by atoms with Crippen molar-refractivity contribution in [2.45, 2.75) is 43.5 Å². The Morgan fingerprint density at radius 3 is 2.29 bits per heavy atom. The lowest BCUT2D eigenvalue weighted by Crippen LogP contribution is -2.19. The van der Waals surface area contributed by atoms with Crippen LogP contribution in [0.1, 0.15) is 37.7 Å². The second-order valence-electron chi connectivity index (χ2n) is 14.4. The molecular formula is C40H37ClN2O9S3. The lowest BCUT2D eigenvalue weighted by molar-refractivity contribution is -0.435. The predicted octanol–water partition coefficient (Wildman–Crippen LogP) is 6.46. The molecule has 1 aromatic heterocycles. The Hall–Kier alpha value is -4.15. The van der Waals surface area contributed by atoms with Gasteiger partial charge in [-0.25, -0.2) is 8.42 Å². The Morgan fingerprint density at radius 1 is 0.818 bits per heavy atom. The fourth-order valence-electron chi connectivity index (χ4n) is 8.81. The highest BCUT2D eigenvalue weighted by Crippen LogP contribution is 2.50. The van der Waals surface area contributed by atoms with Gasteiger partial charge in [-0.2, -0.15) is 21.4 Å². The summed E-state index contributed by atoms with van der Waals surface area (Å²) in [7, 11) is -13.1. The number of rotatable bonds is 12. The van der Waals surface area contributed by atoms with Crippen molar-refractivity contribution >= 4 is 91.9 Å². The van der Waals surface area contributed by atoms with Gasteiger partial charge in [-0.3, -0.25) is 9.11 Å². The molecule has 0 spiro atoms. The second-order valence-corrected chi connectivity index (χ2v) is 19.3. The van der Waals surface area contributed by atoms with Gasteiger partial charge in [0.05, 0.1) is 26.8 Å². The van der Waals surface area contributed by atoms with Crippen LogP contribution in [0.4, 0.5) is 5.69 Å². The van der Waals surface area contributed by atoms with Crippen molar-refractivity contribution in [3.05, 3.63) is 112 Å². The van der Waals surface area contributed by atoms with Crippen LogP contribution in [0.25, 0.3) is 38.5 Å². The van der Waals surface area contributed by atoms with E-state index in [2.05, 4.69) is 10.6 Å². The van der Waals surface area contributed by atoms with E-state index in [1.165, 1.54) is 6.07 Å². The van der Waals surface area contributed by atoms with Crippen LogP contribution in [0.3, 0.4) is 0 Å². The van der Waals surface area contributed by atoms with Crippen molar-refractivity contribution < 1.29 is 43.5 Å². The number of nitrogens with zero attached hydrogens (tertiary/aromatic N) is 2. The molecule has 4 aromatic carbocycles. The van der Waals surface area contributed by atoms with Gasteiger partial charge < -0.3 is 9.12 Å². The van der Waals surface area contributed by atoms with Crippen molar-refractivity contribution in [2.75, 3.05) is 18.1 Å². The van der Waals surface area contributed by atoms with Crippen LogP contribution in [0.2, 0.25) is 0 Å². The van der Waals surface area contributed by atoms with Gasteiger partial charge in [0.2, 0.25) is 11.4 Å². The summed E-state index contributed by atoms with van der Waals surface area (Å²) < 4.78 is 106. The molecule has 1 saturated carbocycles. The van der Waals surface area contributed by atoms with E-state index in [4.69, 9.17) is 11.6 Å². The van der Waals surface area contributed by atoms with E-state index < -0.39 is 41.9 Å². The minimum Gasteiger partial charge on any atom is -0.748 e. The van der Waals surface area contributed by atoms with Crippen molar-refractivity contribution in [3.8, 4) is 0 Å². The summed E-state index contributed by atoms with van der Waals surface area (Å²) in [6.07, 6.45) is 11.0. The normalized spacial score (nSPS) is 20.2. The summed E-state index contributed by atoms with van der Waals surface area (Å²) in [6, 6.07) is 20.2. The molecule has 0 radical (unpaired) electrons. The minimum atomic E-state index is -4.54. The number of hydrogen-bond acceptors (Lipinski definition) is 7. The molecule has 3 aliphatic rings. The molecule has 2 N–H and O–H groups in total. The topological polar surface area (TPSA) is 174 Å². The van der Waals surface area contributed by atoms with Crippen molar-refractivity contribution in [2.24, 2.45) is 11.8 Å². The molecule has 2 unspecified atom stereocenters. The molecule has 5 aromatic rings. The van der Waals surface area contributed by atoms with Crippen LogP contribution in [-0.2, 0) is 36.9 Å². The quantitative estimate of drug-likeness (QED) is 0.106. The third-order valence-electron chi connectivity index (χ3n) is 11.1. The highest BCUT2D eigenvalue weighted by Gasteiger charge is 2.38. The van der Waals surface area contributed by atoms with E-state index in [1.54, 1.807) is 18.2 Å². The lowest BCUT2D eigenvalue weighted by Gasteiger charge is -2.24. The van der Waals surface area contributed by atoms with E-state index >= 15 is 0 Å².